The fourth-order valence-corrected chi connectivity index (χ4v) is 2.85. The van der Waals surface area contributed by atoms with Crippen LogP contribution in [-0.4, -0.2) is 25.4 Å². The van der Waals surface area contributed by atoms with Gasteiger partial charge in [-0.2, -0.15) is 0 Å². The number of nitrogens with one attached hydrogen (secondary N) is 1. The van der Waals surface area contributed by atoms with Crippen LogP contribution < -0.4 is 11.4 Å². The van der Waals surface area contributed by atoms with E-state index in [1.807, 2.05) is 0 Å². The quantitative estimate of drug-likeness (QED) is 0.567. The molecule has 7 nitrogen and oxygen atoms in total. The number of H-pyrrole nitrogens is 1. The minimum Gasteiger partial charge on any atom is -0.364 e. The summed E-state index contributed by atoms with van der Waals surface area (Å²) in [7, 11) is 0. The summed E-state index contributed by atoms with van der Waals surface area (Å²) >= 11 is 5.90. The molecule has 0 aliphatic heterocycles. The molecule has 0 saturated heterocycles. The molecule has 9 heteroatoms. The average molecular weight is 384 g/mol. The Morgan fingerprint density at radius 1 is 1.07 bits per heavy atom. The van der Waals surface area contributed by atoms with Gasteiger partial charge >= 0.3 is 5.69 Å². The van der Waals surface area contributed by atoms with E-state index in [2.05, 4.69) is 15.0 Å². The SMILES string of the molecule is NC(=O)c1nc(-c2ccc(Cl)cc2)nc2c1[nH]c(=O)n2-c1ccc(F)cc1. The molecular weight excluding hydrogens is 373 g/mol. The van der Waals surface area contributed by atoms with Gasteiger partial charge in [0.25, 0.3) is 5.91 Å². The molecule has 4 rings (SSSR count). The molecule has 4 aromatic rings. The number of benzene rings is 2. The topological polar surface area (TPSA) is 107 Å². The second kappa shape index (κ2) is 6.33. The van der Waals surface area contributed by atoms with Gasteiger partial charge < -0.3 is 10.7 Å². The van der Waals surface area contributed by atoms with E-state index in [-0.39, 0.29) is 22.7 Å². The normalized spacial score (nSPS) is 11.0. The number of nitrogens with zero attached hydrogens (tertiary/aromatic N) is 3. The summed E-state index contributed by atoms with van der Waals surface area (Å²) in [6.07, 6.45) is 0. The Kier molecular flexibility index (Phi) is 3.97. The predicted molar refractivity (Wildman–Crippen MR) is 98.4 cm³/mol. The zero-order valence-corrected chi connectivity index (χ0v) is 14.4. The number of carbonyl (C=O) groups excluding carboxylic acids is 1. The monoisotopic (exact) mass is 383 g/mol. The summed E-state index contributed by atoms with van der Waals surface area (Å²) in [6.45, 7) is 0. The van der Waals surface area contributed by atoms with Crippen LogP contribution in [-0.2, 0) is 0 Å². The first-order valence-electron chi connectivity index (χ1n) is 7.78. The molecule has 0 atom stereocenters. The van der Waals surface area contributed by atoms with E-state index in [1.54, 1.807) is 24.3 Å². The van der Waals surface area contributed by atoms with E-state index in [0.29, 0.717) is 16.3 Å². The molecule has 2 aromatic heterocycles. The molecule has 2 heterocycles. The molecule has 27 heavy (non-hydrogen) atoms. The zero-order valence-electron chi connectivity index (χ0n) is 13.6. The molecule has 3 N–H and O–H groups in total. The second-order valence-corrected chi connectivity index (χ2v) is 6.14. The number of halogens is 2. The van der Waals surface area contributed by atoms with Crippen LogP contribution in [0.3, 0.4) is 0 Å². The number of nitrogens with two attached hydrogens (primary N) is 1. The lowest BCUT2D eigenvalue weighted by Crippen LogP contribution is -2.15. The van der Waals surface area contributed by atoms with Crippen molar-refractivity contribution in [3.63, 3.8) is 0 Å². The third-order valence-corrected chi connectivity index (χ3v) is 4.21. The molecule has 2 aromatic carbocycles. The zero-order chi connectivity index (χ0) is 19.1. The number of carbonyl (C=O) groups is 1. The van der Waals surface area contributed by atoms with E-state index in [9.17, 15) is 14.0 Å². The van der Waals surface area contributed by atoms with Gasteiger partial charge in [-0.15, -0.1) is 0 Å². The summed E-state index contributed by atoms with van der Waals surface area (Å²) in [6, 6.07) is 12.0. The lowest BCUT2D eigenvalue weighted by molar-refractivity contribution is 0.0997. The Morgan fingerprint density at radius 3 is 2.37 bits per heavy atom. The van der Waals surface area contributed by atoms with Crippen LogP contribution in [0.25, 0.3) is 28.2 Å². The smallest absolute Gasteiger partial charge is 0.332 e. The summed E-state index contributed by atoms with van der Waals surface area (Å²) in [5, 5.41) is 0.528. The lowest BCUT2D eigenvalue weighted by Gasteiger charge is -2.06. The Hall–Kier alpha value is -3.52. The van der Waals surface area contributed by atoms with Crippen LogP contribution in [0.1, 0.15) is 10.5 Å². The van der Waals surface area contributed by atoms with Crippen LogP contribution in [0.4, 0.5) is 4.39 Å². The number of imidazole rings is 1. The maximum absolute atomic E-state index is 13.2. The summed E-state index contributed by atoms with van der Waals surface area (Å²) in [5.74, 6) is -1.06. The number of aromatic amines is 1. The molecule has 0 bridgehead atoms. The molecule has 0 radical (unpaired) electrons. The van der Waals surface area contributed by atoms with Crippen LogP contribution in [0, 0.1) is 5.82 Å². The number of hydrogen-bond acceptors (Lipinski definition) is 4. The third-order valence-electron chi connectivity index (χ3n) is 3.96. The van der Waals surface area contributed by atoms with Crippen molar-refractivity contribution in [1.82, 2.24) is 19.5 Å². The van der Waals surface area contributed by atoms with Crippen molar-refractivity contribution in [1.29, 1.82) is 0 Å². The highest BCUT2D eigenvalue weighted by atomic mass is 35.5. The first-order valence-corrected chi connectivity index (χ1v) is 8.16. The number of fused-ring (bicyclic) bond motifs is 1. The molecule has 0 aliphatic carbocycles. The van der Waals surface area contributed by atoms with Gasteiger partial charge in [0.2, 0.25) is 0 Å². The maximum atomic E-state index is 13.2. The van der Waals surface area contributed by atoms with Gasteiger partial charge in [-0.25, -0.2) is 23.7 Å². The molecule has 0 spiro atoms. The Morgan fingerprint density at radius 2 is 1.74 bits per heavy atom. The molecule has 0 saturated carbocycles. The summed E-state index contributed by atoms with van der Waals surface area (Å²) in [5.41, 5.74) is 5.99. The number of amides is 1. The third kappa shape index (κ3) is 2.96. The molecule has 134 valence electrons. The van der Waals surface area contributed by atoms with Gasteiger partial charge in [0, 0.05) is 10.6 Å². The fraction of sp³-hybridized carbons (Fsp3) is 0. The largest absolute Gasteiger partial charge is 0.364 e. The molecular formula is C18H11ClFN5O2. The molecule has 0 fully saturated rings. The van der Waals surface area contributed by atoms with Crippen LogP contribution >= 0.6 is 11.6 Å². The highest BCUT2D eigenvalue weighted by Gasteiger charge is 2.20. The van der Waals surface area contributed by atoms with Gasteiger partial charge in [-0.1, -0.05) is 11.6 Å². The number of rotatable bonds is 3. The van der Waals surface area contributed by atoms with Gasteiger partial charge in [0.15, 0.2) is 17.2 Å². The first-order chi connectivity index (χ1) is 12.9. The van der Waals surface area contributed by atoms with Crippen molar-refractivity contribution in [2.75, 3.05) is 0 Å². The van der Waals surface area contributed by atoms with E-state index in [1.165, 1.54) is 28.8 Å². The summed E-state index contributed by atoms with van der Waals surface area (Å²) in [4.78, 5) is 35.5. The average Bonchev–Trinajstić information content (AvgIpc) is 2.98. The molecule has 1 amide bonds. The Bertz CT molecular complexity index is 1230. The van der Waals surface area contributed by atoms with Crippen LogP contribution in [0.5, 0.6) is 0 Å². The number of hydrogen-bond donors (Lipinski definition) is 2. The maximum Gasteiger partial charge on any atom is 0.332 e. The molecule has 0 unspecified atom stereocenters. The van der Waals surface area contributed by atoms with E-state index < -0.39 is 17.4 Å². The van der Waals surface area contributed by atoms with Gasteiger partial charge in [0.05, 0.1) is 5.69 Å². The van der Waals surface area contributed by atoms with Crippen molar-refractivity contribution < 1.29 is 9.18 Å². The highest BCUT2D eigenvalue weighted by Crippen LogP contribution is 2.23. The lowest BCUT2D eigenvalue weighted by atomic mass is 10.2. The van der Waals surface area contributed by atoms with Gasteiger partial charge in [0.1, 0.15) is 11.3 Å². The Labute approximate surface area is 156 Å². The minimum absolute atomic E-state index is 0.106. The van der Waals surface area contributed by atoms with E-state index in [4.69, 9.17) is 17.3 Å². The van der Waals surface area contributed by atoms with Crippen molar-refractivity contribution >= 4 is 28.7 Å². The van der Waals surface area contributed by atoms with Crippen LogP contribution in [0.2, 0.25) is 5.02 Å². The van der Waals surface area contributed by atoms with Crippen molar-refractivity contribution in [2.24, 2.45) is 5.73 Å². The highest BCUT2D eigenvalue weighted by molar-refractivity contribution is 6.30. The van der Waals surface area contributed by atoms with Gasteiger partial charge in [-0.05, 0) is 48.5 Å². The van der Waals surface area contributed by atoms with Gasteiger partial charge in [-0.3, -0.25) is 4.79 Å². The van der Waals surface area contributed by atoms with Crippen molar-refractivity contribution in [2.45, 2.75) is 0 Å². The van der Waals surface area contributed by atoms with Crippen molar-refractivity contribution in [3.8, 4) is 17.1 Å². The van der Waals surface area contributed by atoms with Crippen LogP contribution in [0.15, 0.2) is 53.3 Å². The predicted octanol–water partition coefficient (Wildman–Crippen LogP) is 2.67. The molecule has 0 aliphatic rings. The van der Waals surface area contributed by atoms with E-state index >= 15 is 0 Å². The van der Waals surface area contributed by atoms with E-state index in [0.717, 1.165) is 0 Å². The first kappa shape index (κ1) is 16.9. The number of primary amides is 1. The number of aromatic nitrogens is 4. The summed E-state index contributed by atoms with van der Waals surface area (Å²) < 4.78 is 14.5. The van der Waals surface area contributed by atoms with Crippen molar-refractivity contribution in [3.05, 3.63) is 75.5 Å². The Balaban J connectivity index is 2.04. The second-order valence-electron chi connectivity index (χ2n) is 5.71. The standard InChI is InChI=1S/C18H11ClFN5O2/c19-10-3-1-9(2-4-10)16-22-13(15(21)26)14-17(24-16)25(18(27)23-14)12-7-5-11(20)6-8-12/h1-8H,(H2,21,26)(H,23,27). The minimum atomic E-state index is -0.815. The fourth-order valence-electron chi connectivity index (χ4n) is 2.72.